The summed E-state index contributed by atoms with van der Waals surface area (Å²) >= 11 is 0. The Balaban J connectivity index is 1.73. The highest BCUT2D eigenvalue weighted by molar-refractivity contribution is 7.92. The molecule has 1 aliphatic heterocycles. The van der Waals surface area contributed by atoms with Crippen LogP contribution in [0.5, 0.6) is 5.75 Å². The molecule has 0 saturated heterocycles. The van der Waals surface area contributed by atoms with Gasteiger partial charge in [0, 0.05) is 5.69 Å². The van der Waals surface area contributed by atoms with Crippen molar-refractivity contribution >= 4 is 27.3 Å². The topological polar surface area (TPSA) is 75.7 Å². The summed E-state index contributed by atoms with van der Waals surface area (Å²) in [4.78, 5) is 13.1. The van der Waals surface area contributed by atoms with Crippen molar-refractivity contribution in [3.63, 3.8) is 0 Å². The lowest BCUT2D eigenvalue weighted by Crippen LogP contribution is -2.49. The molecule has 0 bridgehead atoms. The fraction of sp³-hybridized carbons (Fsp3) is 0.240. The third-order valence-electron chi connectivity index (χ3n) is 5.43. The number of ether oxygens (including phenoxy) is 1. The van der Waals surface area contributed by atoms with Crippen LogP contribution in [-0.2, 0) is 20.2 Å². The van der Waals surface area contributed by atoms with E-state index < -0.39 is 27.9 Å². The van der Waals surface area contributed by atoms with Crippen LogP contribution in [0.2, 0.25) is 0 Å². The van der Waals surface area contributed by atoms with Gasteiger partial charge in [-0.15, -0.1) is 0 Å². The second-order valence-electron chi connectivity index (χ2n) is 8.88. The Hall–Kier alpha value is -3.39. The van der Waals surface area contributed by atoms with Crippen LogP contribution in [0.25, 0.3) is 0 Å². The van der Waals surface area contributed by atoms with Crippen LogP contribution in [0, 0.1) is 5.82 Å². The summed E-state index contributed by atoms with van der Waals surface area (Å²) in [5.41, 5.74) is 1.49. The van der Waals surface area contributed by atoms with Crippen molar-refractivity contribution in [1.82, 2.24) is 0 Å². The van der Waals surface area contributed by atoms with Crippen LogP contribution in [0.4, 0.5) is 15.8 Å². The summed E-state index contributed by atoms with van der Waals surface area (Å²) in [5, 5.41) is 2.66. The second kappa shape index (κ2) is 8.51. The van der Waals surface area contributed by atoms with E-state index in [9.17, 15) is 17.6 Å². The number of carbonyl (C=O) groups is 1. The number of fused-ring (bicyclic) bond motifs is 1. The third-order valence-corrected chi connectivity index (χ3v) is 7.22. The summed E-state index contributed by atoms with van der Waals surface area (Å²) in [6.45, 7) is 5.90. The lowest BCUT2D eigenvalue weighted by atomic mass is 9.86. The molecular weight excluding hydrogens is 443 g/mol. The summed E-state index contributed by atoms with van der Waals surface area (Å²) < 4.78 is 47.5. The second-order valence-corrected chi connectivity index (χ2v) is 10.7. The molecule has 0 aliphatic carbocycles. The van der Waals surface area contributed by atoms with E-state index >= 15 is 0 Å². The lowest BCUT2D eigenvalue weighted by molar-refractivity contribution is -0.122. The molecule has 0 aromatic heterocycles. The monoisotopic (exact) mass is 468 g/mol. The van der Waals surface area contributed by atoms with Crippen molar-refractivity contribution in [2.24, 2.45) is 0 Å². The molecule has 4 rings (SSSR count). The van der Waals surface area contributed by atoms with Crippen LogP contribution in [0.15, 0.2) is 77.7 Å². The Morgan fingerprint density at radius 3 is 2.33 bits per heavy atom. The normalized spacial score (nSPS) is 16.0. The van der Waals surface area contributed by atoms with E-state index in [1.165, 1.54) is 40.7 Å². The smallest absolute Gasteiger partial charge is 0.267 e. The maximum Gasteiger partial charge on any atom is 0.267 e. The van der Waals surface area contributed by atoms with Gasteiger partial charge in [-0.3, -0.25) is 9.10 Å². The Bertz CT molecular complexity index is 1270. The van der Waals surface area contributed by atoms with E-state index in [0.29, 0.717) is 17.1 Å². The van der Waals surface area contributed by atoms with Crippen molar-refractivity contribution in [2.75, 3.05) is 16.2 Å². The van der Waals surface area contributed by atoms with Crippen molar-refractivity contribution in [2.45, 2.75) is 37.2 Å². The van der Waals surface area contributed by atoms with Gasteiger partial charge >= 0.3 is 0 Å². The Morgan fingerprint density at radius 1 is 1.03 bits per heavy atom. The maximum absolute atomic E-state index is 13.6. The molecule has 1 heterocycles. The molecule has 33 heavy (non-hydrogen) atoms. The molecule has 0 spiro atoms. The molecule has 6 nitrogen and oxygen atoms in total. The van der Waals surface area contributed by atoms with Gasteiger partial charge in [-0.1, -0.05) is 45.0 Å². The maximum atomic E-state index is 13.6. The number of nitrogens with one attached hydrogen (secondary N) is 1. The number of rotatable bonds is 4. The van der Waals surface area contributed by atoms with Crippen molar-refractivity contribution < 1.29 is 22.3 Å². The molecular formula is C25H25FN2O4S. The molecule has 3 aromatic carbocycles. The zero-order valence-corrected chi connectivity index (χ0v) is 19.4. The Morgan fingerprint density at radius 2 is 1.70 bits per heavy atom. The minimum Gasteiger partial charge on any atom is -0.476 e. The van der Waals surface area contributed by atoms with Gasteiger partial charge in [-0.05, 0) is 59.5 Å². The number of sulfonamides is 1. The molecule has 1 amide bonds. The molecule has 0 saturated carbocycles. The van der Waals surface area contributed by atoms with Gasteiger partial charge in [0.15, 0.2) is 6.10 Å². The van der Waals surface area contributed by atoms with Gasteiger partial charge in [0.25, 0.3) is 15.9 Å². The number of amides is 1. The van der Waals surface area contributed by atoms with E-state index in [1.807, 2.05) is 26.8 Å². The molecule has 1 N–H and O–H groups in total. The number of hydrogen-bond acceptors (Lipinski definition) is 4. The van der Waals surface area contributed by atoms with Gasteiger partial charge in [0.05, 0.1) is 17.1 Å². The predicted octanol–water partition coefficient (Wildman–Crippen LogP) is 4.72. The van der Waals surface area contributed by atoms with E-state index in [2.05, 4.69) is 5.32 Å². The number of anilines is 2. The first-order valence-corrected chi connectivity index (χ1v) is 11.9. The van der Waals surface area contributed by atoms with Gasteiger partial charge in [-0.2, -0.15) is 0 Å². The van der Waals surface area contributed by atoms with Gasteiger partial charge in [0.1, 0.15) is 11.6 Å². The van der Waals surface area contributed by atoms with E-state index in [1.54, 1.807) is 30.3 Å². The summed E-state index contributed by atoms with van der Waals surface area (Å²) in [7, 11) is -3.96. The first kappa shape index (κ1) is 22.8. The number of carbonyl (C=O) groups excluding carboxylic acids is 1. The first-order chi connectivity index (χ1) is 15.6. The number of nitrogens with zero attached hydrogens (tertiary/aromatic N) is 1. The third kappa shape index (κ3) is 4.71. The predicted molar refractivity (Wildman–Crippen MR) is 126 cm³/mol. The van der Waals surface area contributed by atoms with Crippen LogP contribution in [-0.4, -0.2) is 27.0 Å². The van der Waals surface area contributed by atoms with Crippen LogP contribution >= 0.6 is 0 Å². The van der Waals surface area contributed by atoms with E-state index in [4.69, 9.17) is 4.74 Å². The van der Waals surface area contributed by atoms with Gasteiger partial charge < -0.3 is 10.1 Å². The number of halogens is 1. The van der Waals surface area contributed by atoms with Crippen molar-refractivity contribution in [3.05, 3.63) is 84.2 Å². The zero-order valence-electron chi connectivity index (χ0n) is 18.6. The Kier molecular flexibility index (Phi) is 5.88. The van der Waals surface area contributed by atoms with Crippen molar-refractivity contribution in [3.8, 4) is 5.75 Å². The molecule has 8 heteroatoms. The fourth-order valence-corrected chi connectivity index (χ4v) is 5.05. The standard InChI is InChI=1S/C25H25FN2O4S/c1-25(2,3)17-9-14-22-21(15-17)28(33(30,31)20-7-5-4-6-8-20)16-23(32-22)24(29)27-19-12-10-18(26)11-13-19/h4-15,23H,16H2,1-3H3,(H,27,29). The average molecular weight is 469 g/mol. The van der Waals surface area contributed by atoms with Crippen LogP contribution in [0.1, 0.15) is 26.3 Å². The highest BCUT2D eigenvalue weighted by atomic mass is 32.2. The SMILES string of the molecule is CC(C)(C)c1ccc2c(c1)N(S(=O)(=O)c1ccccc1)CC(C(=O)Nc1ccc(F)cc1)O2. The molecule has 0 fully saturated rings. The van der Waals surface area contributed by atoms with Gasteiger partial charge in [-0.25, -0.2) is 12.8 Å². The van der Waals surface area contributed by atoms with Crippen molar-refractivity contribution in [1.29, 1.82) is 0 Å². The molecule has 1 aliphatic rings. The quantitative estimate of drug-likeness (QED) is 0.601. The highest BCUT2D eigenvalue weighted by Gasteiger charge is 2.38. The summed E-state index contributed by atoms with van der Waals surface area (Å²) in [6, 6.07) is 18.8. The lowest BCUT2D eigenvalue weighted by Gasteiger charge is -2.36. The number of hydrogen-bond donors (Lipinski definition) is 1. The number of benzene rings is 3. The minimum absolute atomic E-state index is 0.122. The summed E-state index contributed by atoms with van der Waals surface area (Å²) in [6.07, 6.45) is -1.10. The van der Waals surface area contributed by atoms with Gasteiger partial charge in [0.2, 0.25) is 0 Å². The fourth-order valence-electron chi connectivity index (χ4n) is 3.56. The molecule has 1 unspecified atom stereocenters. The van der Waals surface area contributed by atoms with Crippen LogP contribution < -0.4 is 14.4 Å². The largest absolute Gasteiger partial charge is 0.476 e. The zero-order chi connectivity index (χ0) is 23.8. The van der Waals surface area contributed by atoms with Crippen LogP contribution in [0.3, 0.4) is 0 Å². The molecule has 3 aromatic rings. The summed E-state index contributed by atoms with van der Waals surface area (Å²) in [5.74, 6) is -0.654. The van der Waals surface area contributed by atoms with E-state index in [-0.39, 0.29) is 16.9 Å². The van der Waals surface area contributed by atoms with E-state index in [0.717, 1.165) is 5.56 Å². The molecule has 0 radical (unpaired) electrons. The first-order valence-electron chi connectivity index (χ1n) is 10.5. The molecule has 172 valence electrons. The highest BCUT2D eigenvalue weighted by Crippen LogP contribution is 2.40. The Labute approximate surface area is 193 Å². The average Bonchev–Trinajstić information content (AvgIpc) is 2.79. The minimum atomic E-state index is -3.96. The molecule has 1 atom stereocenters.